The fourth-order valence-corrected chi connectivity index (χ4v) is 6.76. The summed E-state index contributed by atoms with van der Waals surface area (Å²) in [4.78, 5) is 59.7. The van der Waals surface area contributed by atoms with Crippen LogP contribution in [0.2, 0.25) is 0 Å². The monoisotopic (exact) mass is 756 g/mol. The van der Waals surface area contributed by atoms with Gasteiger partial charge in [-0.1, -0.05) is 46.5 Å². The first-order chi connectivity index (χ1) is 25.2. The standard InChI is InChI=1S/C14H8N4S2.C8H14N2O2.C7H14N2O.2C3H8.C2H4O2/c1(2-10-3-15-7-17-10)9-5-19-14-11(6-20-13(9)14)12-4-16-8-18-12;1-7(11)9-6-8(12)10-4-2-3-5-10;1-8-6-7(10)9-4-2-3-5-9;2*1-3-2;1-4-2-3/h3-8H,(H,15,17)(H,16,18);2-6H2,1H3,(H,9,11);8H,2-6H2,1H3;2*3H2,1-2H3;2H,1H3. The van der Waals surface area contributed by atoms with Gasteiger partial charge >= 0.3 is 0 Å². The lowest BCUT2D eigenvalue weighted by Crippen LogP contribution is -2.37. The number of fused-ring (bicyclic) bond motifs is 1. The Hall–Kier alpha value is -4.52. The van der Waals surface area contributed by atoms with E-state index in [2.05, 4.69) is 85.6 Å². The molecule has 4 N–H and O–H groups in total. The summed E-state index contributed by atoms with van der Waals surface area (Å²) in [7, 11) is 3.11. The van der Waals surface area contributed by atoms with E-state index in [9.17, 15) is 14.4 Å². The average molecular weight is 757 g/mol. The van der Waals surface area contributed by atoms with Gasteiger partial charge < -0.3 is 35.1 Å². The predicted molar refractivity (Wildman–Crippen MR) is 211 cm³/mol. The van der Waals surface area contributed by atoms with E-state index in [0.29, 0.717) is 13.0 Å². The molecule has 6 heterocycles. The zero-order valence-corrected chi connectivity index (χ0v) is 33.3. The van der Waals surface area contributed by atoms with Gasteiger partial charge in [-0.15, -0.1) is 22.7 Å². The number of methoxy groups -OCH3 is 1. The second-order valence-corrected chi connectivity index (χ2v) is 13.3. The number of likely N-dealkylation sites (tertiary alicyclic amines) is 2. The molecule has 3 amide bonds. The van der Waals surface area contributed by atoms with Crippen LogP contribution in [0.15, 0.2) is 35.8 Å². The molecule has 4 aromatic heterocycles. The molecule has 0 bridgehead atoms. The maximum Gasteiger partial charge on any atom is 0.292 e. The molecule has 0 spiro atoms. The minimum Gasteiger partial charge on any atom is -0.471 e. The normalized spacial score (nSPS) is 12.4. The molecule has 2 saturated heterocycles. The van der Waals surface area contributed by atoms with Crippen molar-refractivity contribution in [3.05, 3.63) is 47.1 Å². The summed E-state index contributed by atoms with van der Waals surface area (Å²) in [5.74, 6) is 6.41. The lowest BCUT2D eigenvalue weighted by molar-refractivity contribution is -0.131. The molecule has 2 aliphatic heterocycles. The van der Waals surface area contributed by atoms with Crippen LogP contribution in [0.3, 0.4) is 0 Å². The van der Waals surface area contributed by atoms with Gasteiger partial charge in [0.05, 0.1) is 65.9 Å². The summed E-state index contributed by atoms with van der Waals surface area (Å²) in [5, 5.41) is 9.60. The number of rotatable bonds is 6. The fourth-order valence-electron chi connectivity index (χ4n) is 4.46. The molecule has 0 unspecified atom stereocenters. The van der Waals surface area contributed by atoms with Crippen LogP contribution in [0.25, 0.3) is 20.7 Å². The number of aromatic nitrogens is 4. The first-order valence-corrected chi connectivity index (χ1v) is 19.4. The molecule has 15 heteroatoms. The van der Waals surface area contributed by atoms with Gasteiger partial charge in [-0.3, -0.25) is 19.2 Å². The van der Waals surface area contributed by atoms with E-state index in [0.717, 1.165) is 56.0 Å². The number of carbonyl (C=O) groups excluding carboxylic acids is 4. The molecule has 0 radical (unpaired) electrons. The summed E-state index contributed by atoms with van der Waals surface area (Å²) in [6, 6.07) is 0. The van der Waals surface area contributed by atoms with E-state index in [-0.39, 0.29) is 24.3 Å². The highest BCUT2D eigenvalue weighted by Gasteiger charge is 2.17. The number of hydrogen-bond donors (Lipinski definition) is 4. The van der Waals surface area contributed by atoms with Gasteiger partial charge in [0.1, 0.15) is 5.69 Å². The van der Waals surface area contributed by atoms with E-state index >= 15 is 0 Å². The SMILES string of the molecule is C(#Cc1csc2c(-c3cnc[nH]3)csc12)c1cnc[nH]1.CC(=O)NCC(=O)N1CCCC1.CCC.CCC.CNCC(=O)N1CCCC1.COC=O. The van der Waals surface area contributed by atoms with E-state index in [1.54, 1.807) is 53.5 Å². The van der Waals surface area contributed by atoms with E-state index in [4.69, 9.17) is 4.79 Å². The van der Waals surface area contributed by atoms with Crippen LogP contribution in [0.5, 0.6) is 0 Å². The third-order valence-corrected chi connectivity index (χ3v) is 8.89. The maximum absolute atomic E-state index is 11.3. The predicted octanol–water partition coefficient (Wildman–Crippen LogP) is 5.67. The van der Waals surface area contributed by atoms with Crippen molar-refractivity contribution in [1.82, 2.24) is 40.4 Å². The van der Waals surface area contributed by atoms with Crippen LogP contribution in [-0.4, -0.2) is 107 Å². The van der Waals surface area contributed by atoms with Crippen LogP contribution >= 0.6 is 22.7 Å². The molecule has 4 aromatic rings. The number of H-pyrrole nitrogens is 2. The summed E-state index contributed by atoms with van der Waals surface area (Å²) < 4.78 is 6.35. The van der Waals surface area contributed by atoms with Crippen molar-refractivity contribution in [1.29, 1.82) is 0 Å². The summed E-state index contributed by atoms with van der Waals surface area (Å²) in [6.07, 6.45) is 13.9. The number of nitrogens with one attached hydrogen (secondary N) is 4. The van der Waals surface area contributed by atoms with E-state index < -0.39 is 0 Å². The molecule has 52 heavy (non-hydrogen) atoms. The van der Waals surface area contributed by atoms with Crippen molar-refractivity contribution in [2.45, 2.75) is 73.1 Å². The molecular formula is C37H56N8O5S2. The van der Waals surface area contributed by atoms with Crippen LogP contribution < -0.4 is 10.6 Å². The van der Waals surface area contributed by atoms with Crippen molar-refractivity contribution in [3.63, 3.8) is 0 Å². The van der Waals surface area contributed by atoms with Crippen LogP contribution in [0, 0.1) is 11.8 Å². The zero-order valence-electron chi connectivity index (χ0n) is 31.7. The summed E-state index contributed by atoms with van der Waals surface area (Å²) in [6.45, 7) is 14.5. The van der Waals surface area contributed by atoms with Crippen molar-refractivity contribution >= 4 is 56.3 Å². The Morgan fingerprint density at radius 3 is 1.83 bits per heavy atom. The highest BCUT2D eigenvalue weighted by atomic mass is 32.1. The van der Waals surface area contributed by atoms with Crippen LogP contribution in [0.1, 0.15) is 84.4 Å². The molecule has 6 rings (SSSR count). The number of imidazole rings is 2. The molecule has 0 saturated carbocycles. The molecule has 13 nitrogen and oxygen atoms in total. The molecular weight excluding hydrogens is 701 g/mol. The summed E-state index contributed by atoms with van der Waals surface area (Å²) >= 11 is 3.43. The van der Waals surface area contributed by atoms with Crippen LogP contribution in [-0.2, 0) is 23.9 Å². The van der Waals surface area contributed by atoms with Gasteiger partial charge in [0, 0.05) is 49.4 Å². The van der Waals surface area contributed by atoms with Gasteiger partial charge in [0.25, 0.3) is 6.47 Å². The molecule has 0 aromatic carbocycles. The Kier molecular flexibility index (Phi) is 24.6. The smallest absolute Gasteiger partial charge is 0.292 e. The van der Waals surface area contributed by atoms with Crippen molar-refractivity contribution < 1.29 is 23.9 Å². The number of ether oxygens (including phenoxy) is 1. The third kappa shape index (κ3) is 17.6. The molecule has 2 aliphatic rings. The Labute approximate surface area is 316 Å². The number of nitrogens with zero attached hydrogens (tertiary/aromatic N) is 4. The quantitative estimate of drug-likeness (QED) is 0.144. The number of amides is 3. The Balaban J connectivity index is 0.000000364. The average Bonchev–Trinajstić information content (AvgIpc) is 3.99. The fraction of sp³-hybridized carbons (Fsp3) is 0.514. The molecule has 2 fully saturated rings. The highest BCUT2D eigenvalue weighted by Crippen LogP contribution is 2.39. The lowest BCUT2D eigenvalue weighted by atomic mass is 10.2. The molecule has 0 atom stereocenters. The van der Waals surface area contributed by atoms with Crippen molar-refractivity contribution in [2.24, 2.45) is 0 Å². The first kappa shape index (κ1) is 45.5. The second kappa shape index (κ2) is 28.1. The Bertz CT molecular complexity index is 1590. The third-order valence-electron chi connectivity index (χ3n) is 6.73. The highest BCUT2D eigenvalue weighted by molar-refractivity contribution is 7.27. The summed E-state index contributed by atoms with van der Waals surface area (Å²) in [5.41, 5.74) is 4.14. The van der Waals surface area contributed by atoms with Crippen LogP contribution in [0.4, 0.5) is 0 Å². The van der Waals surface area contributed by atoms with Gasteiger partial charge in [-0.05, 0) is 38.7 Å². The zero-order chi connectivity index (χ0) is 38.6. The van der Waals surface area contributed by atoms with Gasteiger partial charge in [-0.2, -0.15) is 0 Å². The number of likely N-dealkylation sites (N-methyl/N-ethyl adjacent to an activating group) is 1. The minimum absolute atomic E-state index is 0.0303. The molecule has 286 valence electrons. The second-order valence-electron chi connectivity index (χ2n) is 11.5. The Morgan fingerprint density at radius 2 is 1.37 bits per heavy atom. The van der Waals surface area contributed by atoms with E-state index in [1.807, 2.05) is 11.1 Å². The maximum atomic E-state index is 11.3. The van der Waals surface area contributed by atoms with E-state index in [1.165, 1.54) is 54.7 Å². The van der Waals surface area contributed by atoms with Crippen molar-refractivity contribution in [3.8, 4) is 23.1 Å². The minimum atomic E-state index is -0.150. The number of thiophene rings is 2. The van der Waals surface area contributed by atoms with Gasteiger partial charge in [0.15, 0.2) is 0 Å². The van der Waals surface area contributed by atoms with Crippen molar-refractivity contribution in [2.75, 3.05) is 53.4 Å². The number of carbonyl (C=O) groups is 4. The largest absolute Gasteiger partial charge is 0.471 e. The Morgan fingerprint density at radius 1 is 0.846 bits per heavy atom. The van der Waals surface area contributed by atoms with Gasteiger partial charge in [0.2, 0.25) is 17.7 Å². The molecule has 0 aliphatic carbocycles. The number of aromatic amines is 2. The van der Waals surface area contributed by atoms with Gasteiger partial charge in [-0.25, -0.2) is 9.97 Å². The topological polar surface area (TPSA) is 165 Å². The lowest BCUT2D eigenvalue weighted by Gasteiger charge is -2.14. The first-order valence-electron chi connectivity index (χ1n) is 17.6. The number of hydrogen-bond acceptors (Lipinski definition) is 10.